The molecule has 18 heavy (non-hydrogen) atoms. The van der Waals surface area contributed by atoms with E-state index in [0.717, 1.165) is 18.1 Å². The number of likely N-dealkylation sites (tertiary alicyclic amines) is 1. The second kappa shape index (κ2) is 7.01. The molecule has 1 aromatic carbocycles. The molecule has 0 aliphatic carbocycles. The molecule has 100 valence electrons. The molecule has 1 N–H and O–H groups in total. The second-order valence-corrected chi connectivity index (χ2v) is 5.58. The van der Waals surface area contributed by atoms with E-state index in [4.69, 9.17) is 11.6 Å². The van der Waals surface area contributed by atoms with Crippen molar-refractivity contribution in [3.05, 3.63) is 28.8 Å². The molecule has 1 saturated heterocycles. The molecule has 0 bridgehead atoms. The first-order chi connectivity index (χ1) is 8.75. The maximum atomic E-state index is 5.95. The van der Waals surface area contributed by atoms with Crippen LogP contribution in [0.4, 0.5) is 5.69 Å². The van der Waals surface area contributed by atoms with Gasteiger partial charge in [0.1, 0.15) is 0 Å². The maximum absolute atomic E-state index is 5.95. The van der Waals surface area contributed by atoms with Crippen LogP contribution < -0.4 is 5.32 Å². The van der Waals surface area contributed by atoms with Gasteiger partial charge in [-0.1, -0.05) is 24.4 Å². The van der Waals surface area contributed by atoms with Crippen LogP contribution >= 0.6 is 11.6 Å². The van der Waals surface area contributed by atoms with Gasteiger partial charge in [-0.3, -0.25) is 0 Å². The Hall–Kier alpha value is -0.730. The van der Waals surface area contributed by atoms with E-state index in [0.29, 0.717) is 0 Å². The summed E-state index contributed by atoms with van der Waals surface area (Å²) < 4.78 is 0. The van der Waals surface area contributed by atoms with Crippen molar-refractivity contribution in [1.82, 2.24) is 4.90 Å². The van der Waals surface area contributed by atoms with Gasteiger partial charge < -0.3 is 10.2 Å². The van der Waals surface area contributed by atoms with Crippen LogP contribution in [-0.2, 0) is 0 Å². The Morgan fingerprint density at radius 2 is 1.89 bits per heavy atom. The van der Waals surface area contributed by atoms with Gasteiger partial charge in [0.2, 0.25) is 0 Å². The van der Waals surface area contributed by atoms with E-state index in [1.165, 1.54) is 50.0 Å². The number of anilines is 1. The highest BCUT2D eigenvalue weighted by atomic mass is 35.5. The molecule has 3 heteroatoms. The zero-order valence-corrected chi connectivity index (χ0v) is 12.0. The predicted octanol–water partition coefficient (Wildman–Crippen LogP) is 3.94. The van der Waals surface area contributed by atoms with Gasteiger partial charge in [-0.2, -0.15) is 0 Å². The lowest BCUT2D eigenvalue weighted by atomic mass is 10.2. The Morgan fingerprint density at radius 1 is 1.17 bits per heavy atom. The van der Waals surface area contributed by atoms with E-state index >= 15 is 0 Å². The summed E-state index contributed by atoms with van der Waals surface area (Å²) in [6, 6.07) is 6.03. The van der Waals surface area contributed by atoms with Crippen molar-refractivity contribution in [2.75, 3.05) is 31.5 Å². The third kappa shape index (κ3) is 4.18. The van der Waals surface area contributed by atoms with Gasteiger partial charge in [0.25, 0.3) is 0 Å². The van der Waals surface area contributed by atoms with Crippen molar-refractivity contribution in [2.24, 2.45) is 0 Å². The smallest absolute Gasteiger partial charge is 0.0410 e. The summed E-state index contributed by atoms with van der Waals surface area (Å²) in [5.41, 5.74) is 2.42. The van der Waals surface area contributed by atoms with Crippen molar-refractivity contribution in [2.45, 2.75) is 32.6 Å². The van der Waals surface area contributed by atoms with Crippen LogP contribution in [0.15, 0.2) is 18.2 Å². The fourth-order valence-corrected chi connectivity index (χ4v) is 2.76. The van der Waals surface area contributed by atoms with Gasteiger partial charge >= 0.3 is 0 Å². The summed E-state index contributed by atoms with van der Waals surface area (Å²) in [6.07, 6.45) is 5.53. The first-order valence-electron chi connectivity index (χ1n) is 6.98. The first-order valence-corrected chi connectivity index (χ1v) is 7.36. The van der Waals surface area contributed by atoms with Crippen molar-refractivity contribution < 1.29 is 0 Å². The van der Waals surface area contributed by atoms with Crippen LogP contribution in [0.1, 0.15) is 31.2 Å². The third-order valence-corrected chi connectivity index (χ3v) is 3.87. The highest BCUT2D eigenvalue weighted by Crippen LogP contribution is 2.19. The number of hydrogen-bond donors (Lipinski definition) is 1. The van der Waals surface area contributed by atoms with Gasteiger partial charge in [-0.05, 0) is 56.6 Å². The Kier molecular flexibility index (Phi) is 5.33. The summed E-state index contributed by atoms with van der Waals surface area (Å²) in [5.74, 6) is 0. The van der Waals surface area contributed by atoms with Crippen LogP contribution in [0, 0.1) is 6.92 Å². The Labute approximate surface area is 115 Å². The van der Waals surface area contributed by atoms with Gasteiger partial charge in [-0.15, -0.1) is 0 Å². The number of aryl methyl sites for hydroxylation is 1. The molecule has 1 aromatic rings. The monoisotopic (exact) mass is 266 g/mol. The first kappa shape index (κ1) is 13.7. The van der Waals surface area contributed by atoms with Crippen LogP contribution in [-0.4, -0.2) is 31.1 Å². The molecule has 0 radical (unpaired) electrons. The van der Waals surface area contributed by atoms with E-state index in [1.54, 1.807) is 0 Å². The molecule has 0 atom stereocenters. The van der Waals surface area contributed by atoms with E-state index in [-0.39, 0.29) is 0 Å². The third-order valence-electron chi connectivity index (χ3n) is 3.63. The van der Waals surface area contributed by atoms with Gasteiger partial charge in [0.15, 0.2) is 0 Å². The molecule has 1 aliphatic heterocycles. The molecular formula is C15H23ClN2. The minimum atomic E-state index is 0.811. The molecule has 0 spiro atoms. The fourth-order valence-electron chi connectivity index (χ4n) is 2.53. The molecule has 1 heterocycles. The highest BCUT2D eigenvalue weighted by molar-refractivity contribution is 6.30. The average Bonchev–Trinajstić information content (AvgIpc) is 2.60. The zero-order valence-electron chi connectivity index (χ0n) is 11.2. The summed E-state index contributed by atoms with van der Waals surface area (Å²) in [6.45, 7) is 6.78. The van der Waals surface area contributed by atoms with Crippen molar-refractivity contribution >= 4 is 17.3 Å². The topological polar surface area (TPSA) is 15.3 Å². The molecule has 0 unspecified atom stereocenters. The van der Waals surface area contributed by atoms with Gasteiger partial charge in [0, 0.05) is 23.8 Å². The van der Waals surface area contributed by atoms with Crippen molar-refractivity contribution in [3.63, 3.8) is 0 Å². The maximum Gasteiger partial charge on any atom is 0.0410 e. The van der Waals surface area contributed by atoms with E-state index in [9.17, 15) is 0 Å². The predicted molar refractivity (Wildman–Crippen MR) is 79.6 cm³/mol. The Morgan fingerprint density at radius 3 is 2.56 bits per heavy atom. The van der Waals surface area contributed by atoms with E-state index in [2.05, 4.69) is 23.2 Å². The molecule has 0 amide bonds. The Bertz CT molecular complexity index is 371. The number of benzene rings is 1. The number of nitrogens with one attached hydrogen (secondary N) is 1. The largest absolute Gasteiger partial charge is 0.384 e. The Balaban J connectivity index is 1.77. The van der Waals surface area contributed by atoms with Crippen LogP contribution in [0.2, 0.25) is 5.02 Å². The van der Waals surface area contributed by atoms with Crippen LogP contribution in [0.5, 0.6) is 0 Å². The SMILES string of the molecule is Cc1cc(Cl)ccc1NCCN1CCCCCC1. The lowest BCUT2D eigenvalue weighted by molar-refractivity contribution is 0.296. The molecule has 1 fully saturated rings. The molecule has 1 aliphatic rings. The summed E-state index contributed by atoms with van der Waals surface area (Å²) in [5, 5.41) is 4.32. The van der Waals surface area contributed by atoms with Crippen molar-refractivity contribution in [3.8, 4) is 0 Å². The molecule has 2 nitrogen and oxygen atoms in total. The van der Waals surface area contributed by atoms with E-state index in [1.807, 2.05) is 12.1 Å². The number of hydrogen-bond acceptors (Lipinski definition) is 2. The summed E-state index contributed by atoms with van der Waals surface area (Å²) in [4.78, 5) is 2.57. The molecule has 0 aromatic heterocycles. The molecular weight excluding hydrogens is 244 g/mol. The van der Waals surface area contributed by atoms with Crippen LogP contribution in [0.25, 0.3) is 0 Å². The van der Waals surface area contributed by atoms with Crippen molar-refractivity contribution in [1.29, 1.82) is 0 Å². The zero-order chi connectivity index (χ0) is 12.8. The summed E-state index contributed by atoms with van der Waals surface area (Å²) >= 11 is 5.95. The number of halogens is 1. The quantitative estimate of drug-likeness (QED) is 0.888. The number of nitrogens with zero attached hydrogens (tertiary/aromatic N) is 1. The lowest BCUT2D eigenvalue weighted by Crippen LogP contribution is -2.30. The normalized spacial score (nSPS) is 17.4. The minimum Gasteiger partial charge on any atom is -0.384 e. The highest BCUT2D eigenvalue weighted by Gasteiger charge is 2.08. The van der Waals surface area contributed by atoms with Gasteiger partial charge in [0.05, 0.1) is 0 Å². The van der Waals surface area contributed by atoms with E-state index < -0.39 is 0 Å². The van der Waals surface area contributed by atoms with Gasteiger partial charge in [-0.25, -0.2) is 0 Å². The number of rotatable bonds is 4. The lowest BCUT2D eigenvalue weighted by Gasteiger charge is -2.20. The average molecular weight is 267 g/mol. The second-order valence-electron chi connectivity index (χ2n) is 5.14. The minimum absolute atomic E-state index is 0.811. The van der Waals surface area contributed by atoms with Crippen LogP contribution in [0.3, 0.4) is 0 Å². The summed E-state index contributed by atoms with van der Waals surface area (Å²) in [7, 11) is 0. The molecule has 0 saturated carbocycles. The standard InChI is InChI=1S/C15H23ClN2/c1-13-12-14(16)6-7-15(13)17-8-11-18-9-4-2-3-5-10-18/h6-7,12,17H,2-5,8-11H2,1H3. The fraction of sp³-hybridized carbons (Fsp3) is 0.600. The molecule has 2 rings (SSSR count).